The van der Waals surface area contributed by atoms with Crippen molar-refractivity contribution in [2.75, 3.05) is 18.6 Å². The van der Waals surface area contributed by atoms with Gasteiger partial charge >= 0.3 is 0 Å². The smallest absolute Gasteiger partial charge is 0.148 e. The van der Waals surface area contributed by atoms with Gasteiger partial charge in [0.15, 0.2) is 0 Å². The molecular weight excluding hydrogens is 262 g/mol. The van der Waals surface area contributed by atoms with Crippen molar-refractivity contribution in [3.05, 3.63) is 29.8 Å². The summed E-state index contributed by atoms with van der Waals surface area (Å²) in [4.78, 5) is 0. The predicted molar refractivity (Wildman–Crippen MR) is 78.3 cm³/mol. The topological polar surface area (TPSA) is 55.4 Å². The third-order valence-electron chi connectivity index (χ3n) is 2.78. The van der Waals surface area contributed by atoms with E-state index in [1.807, 2.05) is 45.0 Å². The second-order valence-corrected chi connectivity index (χ2v) is 7.07. The molecule has 1 rings (SSSR count). The molecule has 5 heteroatoms. The summed E-state index contributed by atoms with van der Waals surface area (Å²) in [7, 11) is -2.95. The quantitative estimate of drug-likeness (QED) is 0.834. The third kappa shape index (κ3) is 6.07. The van der Waals surface area contributed by atoms with Gasteiger partial charge in [0.2, 0.25) is 0 Å². The van der Waals surface area contributed by atoms with E-state index in [1.165, 1.54) is 6.26 Å². The Kier molecular flexibility index (Phi) is 5.82. The molecule has 0 spiro atoms. The summed E-state index contributed by atoms with van der Waals surface area (Å²) in [5.41, 5.74) is 1.11. The number of ether oxygens (including phenoxy) is 1. The molecule has 4 nitrogen and oxygen atoms in total. The molecule has 0 radical (unpaired) electrons. The molecule has 1 aromatic rings. The fraction of sp³-hybridized carbons (Fsp3) is 0.571. The first-order valence-corrected chi connectivity index (χ1v) is 8.54. The molecule has 1 aromatic carbocycles. The molecule has 0 saturated heterocycles. The SMILES string of the molecule is CCOc1ccc(C(C)NC(C)CS(C)(=O)=O)cc1. The lowest BCUT2D eigenvalue weighted by Gasteiger charge is -2.20. The van der Waals surface area contributed by atoms with Gasteiger partial charge in [-0.1, -0.05) is 12.1 Å². The molecule has 108 valence electrons. The molecule has 1 N–H and O–H groups in total. The van der Waals surface area contributed by atoms with E-state index in [4.69, 9.17) is 4.74 Å². The second kappa shape index (κ2) is 6.91. The molecular formula is C14H23NO3S. The van der Waals surface area contributed by atoms with E-state index < -0.39 is 9.84 Å². The summed E-state index contributed by atoms with van der Waals surface area (Å²) in [5.74, 6) is 0.997. The van der Waals surface area contributed by atoms with Gasteiger partial charge in [-0.05, 0) is 38.5 Å². The fourth-order valence-corrected chi connectivity index (χ4v) is 3.05. The fourth-order valence-electron chi connectivity index (χ4n) is 2.04. The van der Waals surface area contributed by atoms with Crippen LogP contribution in [0.25, 0.3) is 0 Å². The maximum Gasteiger partial charge on any atom is 0.148 e. The minimum atomic E-state index is -2.95. The lowest BCUT2D eigenvalue weighted by molar-refractivity contribution is 0.340. The Balaban J connectivity index is 2.60. The summed E-state index contributed by atoms with van der Waals surface area (Å²) in [6, 6.07) is 7.88. The number of hydrogen-bond acceptors (Lipinski definition) is 4. The van der Waals surface area contributed by atoms with E-state index in [2.05, 4.69) is 5.32 Å². The normalized spacial score (nSPS) is 14.9. The van der Waals surface area contributed by atoms with Gasteiger partial charge in [-0.3, -0.25) is 0 Å². The van der Waals surface area contributed by atoms with Crippen LogP contribution in [0.3, 0.4) is 0 Å². The first-order chi connectivity index (χ1) is 8.81. The van der Waals surface area contributed by atoms with Crippen molar-refractivity contribution in [2.45, 2.75) is 32.9 Å². The lowest BCUT2D eigenvalue weighted by atomic mass is 10.1. The predicted octanol–water partition coefficient (Wildman–Crippen LogP) is 2.17. The summed E-state index contributed by atoms with van der Waals surface area (Å²) in [5, 5.41) is 3.28. The first-order valence-electron chi connectivity index (χ1n) is 6.48. The Labute approximate surface area is 116 Å². The molecule has 0 heterocycles. The van der Waals surface area contributed by atoms with Crippen LogP contribution in [0.2, 0.25) is 0 Å². The first kappa shape index (κ1) is 16.0. The molecule has 19 heavy (non-hydrogen) atoms. The van der Waals surface area contributed by atoms with Crippen LogP contribution in [0.1, 0.15) is 32.4 Å². The zero-order valence-electron chi connectivity index (χ0n) is 12.0. The molecule has 2 unspecified atom stereocenters. The van der Waals surface area contributed by atoms with E-state index in [-0.39, 0.29) is 17.8 Å². The standard InChI is InChI=1S/C14H23NO3S/c1-5-18-14-8-6-13(7-9-14)12(3)15-11(2)10-19(4,16)17/h6-9,11-12,15H,5,10H2,1-4H3. The zero-order chi connectivity index (χ0) is 14.5. The molecule has 2 atom stereocenters. The highest BCUT2D eigenvalue weighted by atomic mass is 32.2. The van der Waals surface area contributed by atoms with E-state index >= 15 is 0 Å². The van der Waals surface area contributed by atoms with Crippen molar-refractivity contribution in [2.24, 2.45) is 0 Å². The van der Waals surface area contributed by atoms with Crippen LogP contribution in [0, 0.1) is 0 Å². The van der Waals surface area contributed by atoms with E-state index in [9.17, 15) is 8.42 Å². The van der Waals surface area contributed by atoms with Crippen LogP contribution >= 0.6 is 0 Å². The maximum absolute atomic E-state index is 11.2. The largest absolute Gasteiger partial charge is 0.494 e. The van der Waals surface area contributed by atoms with Crippen LogP contribution in [0.4, 0.5) is 0 Å². The highest BCUT2D eigenvalue weighted by molar-refractivity contribution is 7.90. The van der Waals surface area contributed by atoms with Gasteiger partial charge in [0, 0.05) is 18.3 Å². The zero-order valence-corrected chi connectivity index (χ0v) is 12.8. The van der Waals surface area contributed by atoms with Gasteiger partial charge in [0.1, 0.15) is 15.6 Å². The molecule has 0 aliphatic carbocycles. The molecule has 0 bridgehead atoms. The van der Waals surface area contributed by atoms with Gasteiger partial charge in [-0.25, -0.2) is 8.42 Å². The van der Waals surface area contributed by atoms with Crippen molar-refractivity contribution < 1.29 is 13.2 Å². The second-order valence-electron chi connectivity index (χ2n) is 4.88. The Morgan fingerprint density at radius 3 is 2.26 bits per heavy atom. The summed E-state index contributed by atoms with van der Waals surface area (Å²) >= 11 is 0. The summed E-state index contributed by atoms with van der Waals surface area (Å²) < 4.78 is 27.8. The van der Waals surface area contributed by atoms with Gasteiger partial charge in [0.05, 0.1) is 12.4 Å². The van der Waals surface area contributed by atoms with Crippen LogP contribution in [0.5, 0.6) is 5.75 Å². The van der Waals surface area contributed by atoms with Crippen molar-refractivity contribution >= 4 is 9.84 Å². The molecule has 0 amide bonds. The summed E-state index contributed by atoms with van der Waals surface area (Å²) in [6.45, 7) is 6.50. The van der Waals surface area contributed by atoms with Crippen molar-refractivity contribution in [3.63, 3.8) is 0 Å². The molecule has 0 aromatic heterocycles. The number of rotatable bonds is 7. The van der Waals surface area contributed by atoms with Crippen LogP contribution < -0.4 is 10.1 Å². The Morgan fingerprint density at radius 1 is 1.21 bits per heavy atom. The Morgan fingerprint density at radius 2 is 1.79 bits per heavy atom. The molecule has 0 fully saturated rings. The van der Waals surface area contributed by atoms with E-state index in [0.717, 1.165) is 11.3 Å². The van der Waals surface area contributed by atoms with Crippen molar-refractivity contribution in [1.29, 1.82) is 0 Å². The lowest BCUT2D eigenvalue weighted by Crippen LogP contribution is -2.34. The minimum Gasteiger partial charge on any atom is -0.494 e. The van der Waals surface area contributed by atoms with Crippen LogP contribution in [0.15, 0.2) is 24.3 Å². The monoisotopic (exact) mass is 285 g/mol. The Hall–Kier alpha value is -1.07. The molecule has 0 aliphatic heterocycles. The number of benzene rings is 1. The van der Waals surface area contributed by atoms with Gasteiger partial charge in [-0.2, -0.15) is 0 Å². The van der Waals surface area contributed by atoms with Crippen molar-refractivity contribution in [3.8, 4) is 5.75 Å². The Bertz CT molecular complexity index is 482. The third-order valence-corrected chi connectivity index (χ3v) is 3.88. The average molecular weight is 285 g/mol. The van der Waals surface area contributed by atoms with Gasteiger partial charge in [0.25, 0.3) is 0 Å². The average Bonchev–Trinajstić information content (AvgIpc) is 2.27. The summed E-state index contributed by atoms with van der Waals surface area (Å²) in [6.07, 6.45) is 1.26. The van der Waals surface area contributed by atoms with Gasteiger partial charge in [-0.15, -0.1) is 0 Å². The highest BCUT2D eigenvalue weighted by Crippen LogP contribution is 2.18. The van der Waals surface area contributed by atoms with Gasteiger partial charge < -0.3 is 10.1 Å². The minimum absolute atomic E-state index is 0.0726. The highest BCUT2D eigenvalue weighted by Gasteiger charge is 2.14. The van der Waals surface area contributed by atoms with Crippen molar-refractivity contribution in [1.82, 2.24) is 5.32 Å². The number of nitrogens with one attached hydrogen (secondary N) is 1. The molecule has 0 saturated carbocycles. The number of hydrogen-bond donors (Lipinski definition) is 1. The maximum atomic E-state index is 11.2. The van der Waals surface area contributed by atoms with E-state index in [0.29, 0.717) is 6.61 Å². The molecule has 0 aliphatic rings. The van der Waals surface area contributed by atoms with Crippen LogP contribution in [-0.2, 0) is 9.84 Å². The van der Waals surface area contributed by atoms with E-state index in [1.54, 1.807) is 0 Å². The van der Waals surface area contributed by atoms with Crippen LogP contribution in [-0.4, -0.2) is 33.1 Å². The number of sulfone groups is 1.